The molecule has 1 unspecified atom stereocenters. The number of hydrogen-bond donors (Lipinski definition) is 1. The van der Waals surface area contributed by atoms with E-state index >= 15 is 0 Å². The van der Waals surface area contributed by atoms with Crippen molar-refractivity contribution in [2.75, 3.05) is 20.1 Å². The van der Waals surface area contributed by atoms with Crippen LogP contribution in [0, 0.1) is 0 Å². The zero-order chi connectivity index (χ0) is 12.3. The highest BCUT2D eigenvalue weighted by Crippen LogP contribution is 2.19. The van der Waals surface area contributed by atoms with Crippen molar-refractivity contribution < 1.29 is 4.79 Å². The van der Waals surface area contributed by atoms with Crippen molar-refractivity contribution in [2.24, 2.45) is 5.73 Å². The first-order valence-corrected chi connectivity index (χ1v) is 6.19. The van der Waals surface area contributed by atoms with Gasteiger partial charge in [-0.2, -0.15) is 0 Å². The van der Waals surface area contributed by atoms with E-state index in [4.69, 9.17) is 5.73 Å². The SMILES string of the molecule is CC(N)C(=O)N1CCC[C@H]1CN(C)C(C)C. The molecule has 2 atom stereocenters. The minimum absolute atomic E-state index is 0.0969. The molecule has 1 aliphatic rings. The quantitative estimate of drug-likeness (QED) is 0.768. The molecular weight excluding hydrogens is 202 g/mol. The van der Waals surface area contributed by atoms with E-state index < -0.39 is 0 Å². The van der Waals surface area contributed by atoms with Gasteiger partial charge in [-0.3, -0.25) is 4.79 Å². The fourth-order valence-electron chi connectivity index (χ4n) is 2.12. The molecule has 0 saturated carbocycles. The maximum Gasteiger partial charge on any atom is 0.239 e. The summed E-state index contributed by atoms with van der Waals surface area (Å²) < 4.78 is 0. The number of nitrogens with zero attached hydrogens (tertiary/aromatic N) is 2. The largest absolute Gasteiger partial charge is 0.337 e. The van der Waals surface area contributed by atoms with Crippen LogP contribution in [0.1, 0.15) is 33.6 Å². The van der Waals surface area contributed by atoms with E-state index in [0.29, 0.717) is 12.1 Å². The molecule has 0 radical (unpaired) electrons. The number of nitrogens with two attached hydrogens (primary N) is 1. The van der Waals surface area contributed by atoms with Crippen LogP contribution in [0.25, 0.3) is 0 Å². The zero-order valence-corrected chi connectivity index (χ0v) is 10.9. The van der Waals surface area contributed by atoms with Gasteiger partial charge in [0.2, 0.25) is 5.91 Å². The number of likely N-dealkylation sites (N-methyl/N-ethyl adjacent to an activating group) is 1. The van der Waals surface area contributed by atoms with Crippen LogP contribution in [-0.2, 0) is 4.79 Å². The molecule has 2 N–H and O–H groups in total. The number of rotatable bonds is 4. The van der Waals surface area contributed by atoms with Gasteiger partial charge in [-0.25, -0.2) is 0 Å². The minimum Gasteiger partial charge on any atom is -0.337 e. The number of carbonyl (C=O) groups is 1. The van der Waals surface area contributed by atoms with Crippen LogP contribution < -0.4 is 5.73 Å². The minimum atomic E-state index is -0.370. The molecule has 1 aliphatic heterocycles. The molecule has 0 bridgehead atoms. The summed E-state index contributed by atoms with van der Waals surface area (Å²) in [6.07, 6.45) is 2.21. The average molecular weight is 227 g/mol. The fourth-order valence-corrected chi connectivity index (χ4v) is 2.12. The van der Waals surface area contributed by atoms with E-state index in [1.165, 1.54) is 0 Å². The van der Waals surface area contributed by atoms with Gasteiger partial charge in [0, 0.05) is 25.2 Å². The summed E-state index contributed by atoms with van der Waals surface area (Å²) in [5.41, 5.74) is 5.66. The summed E-state index contributed by atoms with van der Waals surface area (Å²) >= 11 is 0. The van der Waals surface area contributed by atoms with E-state index in [0.717, 1.165) is 25.9 Å². The Labute approximate surface area is 98.8 Å². The summed E-state index contributed by atoms with van der Waals surface area (Å²) in [5.74, 6) is 0.0969. The topological polar surface area (TPSA) is 49.6 Å². The Morgan fingerprint density at radius 1 is 1.50 bits per heavy atom. The van der Waals surface area contributed by atoms with Gasteiger partial charge in [0.1, 0.15) is 0 Å². The van der Waals surface area contributed by atoms with Gasteiger partial charge < -0.3 is 15.5 Å². The van der Waals surface area contributed by atoms with Gasteiger partial charge >= 0.3 is 0 Å². The highest BCUT2D eigenvalue weighted by atomic mass is 16.2. The van der Waals surface area contributed by atoms with Crippen molar-refractivity contribution >= 4 is 5.91 Å². The molecule has 1 saturated heterocycles. The molecule has 0 aromatic carbocycles. The molecule has 16 heavy (non-hydrogen) atoms. The number of hydrogen-bond acceptors (Lipinski definition) is 3. The van der Waals surface area contributed by atoms with Gasteiger partial charge in [0.15, 0.2) is 0 Å². The molecule has 1 fully saturated rings. The van der Waals surface area contributed by atoms with Gasteiger partial charge in [-0.1, -0.05) is 0 Å². The Bertz CT molecular complexity index is 240. The summed E-state index contributed by atoms with van der Waals surface area (Å²) in [5, 5.41) is 0. The summed E-state index contributed by atoms with van der Waals surface area (Å²) in [6.45, 7) is 7.94. The maximum absolute atomic E-state index is 11.9. The smallest absolute Gasteiger partial charge is 0.239 e. The molecule has 1 heterocycles. The highest BCUT2D eigenvalue weighted by Gasteiger charge is 2.30. The first-order chi connectivity index (χ1) is 7.43. The third kappa shape index (κ3) is 3.19. The lowest BCUT2D eigenvalue weighted by molar-refractivity contribution is -0.133. The normalized spacial score (nSPS) is 23.2. The van der Waals surface area contributed by atoms with E-state index in [9.17, 15) is 4.79 Å². The molecule has 0 aromatic rings. The standard InChI is InChI=1S/C12H25N3O/c1-9(2)14(4)8-11-6-5-7-15(11)12(16)10(3)13/h9-11H,5-8,13H2,1-4H3/t10?,11-/m0/s1. The molecule has 1 amide bonds. The lowest BCUT2D eigenvalue weighted by Crippen LogP contribution is -2.48. The van der Waals surface area contributed by atoms with Crippen molar-refractivity contribution in [1.29, 1.82) is 0 Å². The second kappa shape index (κ2) is 5.64. The van der Waals surface area contributed by atoms with E-state index in [-0.39, 0.29) is 11.9 Å². The Kier molecular flexibility index (Phi) is 4.74. The number of carbonyl (C=O) groups excluding carboxylic acids is 1. The summed E-state index contributed by atoms with van der Waals surface area (Å²) in [6, 6.07) is 0.503. The van der Waals surface area contributed by atoms with Crippen LogP contribution in [0.3, 0.4) is 0 Å². The molecule has 4 heteroatoms. The van der Waals surface area contributed by atoms with Crippen molar-refractivity contribution in [3.8, 4) is 0 Å². The van der Waals surface area contributed by atoms with Crippen LogP contribution in [0.4, 0.5) is 0 Å². The molecule has 4 nitrogen and oxygen atoms in total. The maximum atomic E-state index is 11.9. The number of amides is 1. The van der Waals surface area contributed by atoms with Crippen LogP contribution in [0.2, 0.25) is 0 Å². The molecule has 0 aromatic heterocycles. The zero-order valence-electron chi connectivity index (χ0n) is 10.9. The number of likely N-dealkylation sites (tertiary alicyclic amines) is 1. The van der Waals surface area contributed by atoms with E-state index in [1.807, 2.05) is 4.90 Å². The average Bonchev–Trinajstić information content (AvgIpc) is 2.64. The van der Waals surface area contributed by atoms with Gasteiger partial charge in [-0.15, -0.1) is 0 Å². The fraction of sp³-hybridized carbons (Fsp3) is 0.917. The highest BCUT2D eigenvalue weighted by molar-refractivity contribution is 5.81. The van der Waals surface area contributed by atoms with Crippen LogP contribution in [0.15, 0.2) is 0 Å². The lowest BCUT2D eigenvalue weighted by atomic mass is 10.2. The predicted molar refractivity (Wildman–Crippen MR) is 66.2 cm³/mol. The van der Waals surface area contributed by atoms with Crippen molar-refractivity contribution in [1.82, 2.24) is 9.80 Å². The second-order valence-electron chi connectivity index (χ2n) is 5.15. The Morgan fingerprint density at radius 3 is 2.62 bits per heavy atom. The third-order valence-electron chi connectivity index (χ3n) is 3.43. The Hall–Kier alpha value is -0.610. The van der Waals surface area contributed by atoms with E-state index in [1.54, 1.807) is 6.92 Å². The Morgan fingerprint density at radius 2 is 2.12 bits per heavy atom. The molecule has 0 spiro atoms. The van der Waals surface area contributed by atoms with Crippen LogP contribution in [-0.4, -0.2) is 54.0 Å². The Balaban J connectivity index is 2.56. The summed E-state index contributed by atoms with van der Waals surface area (Å²) in [7, 11) is 2.11. The first-order valence-electron chi connectivity index (χ1n) is 6.19. The van der Waals surface area contributed by atoms with Gasteiger partial charge in [0.25, 0.3) is 0 Å². The van der Waals surface area contributed by atoms with Crippen LogP contribution in [0.5, 0.6) is 0 Å². The molecular formula is C12H25N3O. The third-order valence-corrected chi connectivity index (χ3v) is 3.43. The second-order valence-corrected chi connectivity index (χ2v) is 5.15. The van der Waals surface area contributed by atoms with Crippen molar-refractivity contribution in [2.45, 2.75) is 51.7 Å². The predicted octanol–water partition coefficient (Wildman–Crippen LogP) is 0.665. The van der Waals surface area contributed by atoms with Crippen molar-refractivity contribution in [3.05, 3.63) is 0 Å². The molecule has 94 valence electrons. The van der Waals surface area contributed by atoms with Crippen LogP contribution >= 0.6 is 0 Å². The summed E-state index contributed by atoms with van der Waals surface area (Å²) in [4.78, 5) is 16.1. The first kappa shape index (κ1) is 13.5. The molecule has 0 aliphatic carbocycles. The monoisotopic (exact) mass is 227 g/mol. The molecule has 1 rings (SSSR count). The van der Waals surface area contributed by atoms with Gasteiger partial charge in [0.05, 0.1) is 6.04 Å². The lowest BCUT2D eigenvalue weighted by Gasteiger charge is -2.31. The van der Waals surface area contributed by atoms with E-state index in [2.05, 4.69) is 25.8 Å². The van der Waals surface area contributed by atoms with Crippen molar-refractivity contribution in [3.63, 3.8) is 0 Å². The van der Waals surface area contributed by atoms with Gasteiger partial charge in [-0.05, 0) is 40.7 Å².